The average Bonchev–Trinajstić information content (AvgIpc) is 2.41. The monoisotopic (exact) mass is 273 g/mol. The van der Waals surface area contributed by atoms with Gasteiger partial charge in [-0.1, -0.05) is 13.8 Å². The van der Waals surface area contributed by atoms with Gasteiger partial charge in [0.1, 0.15) is 11.6 Å². The first-order chi connectivity index (χ1) is 9.49. The maximum atomic E-state index is 11.3. The normalized spacial score (nSPS) is 10.6. The van der Waals surface area contributed by atoms with Crippen molar-refractivity contribution >= 4 is 5.97 Å². The van der Waals surface area contributed by atoms with Crippen LogP contribution in [0.25, 0.3) is 0 Å². The molecule has 0 saturated heterocycles. The largest absolute Gasteiger partial charge is 0.476 e. The highest BCUT2D eigenvalue weighted by Gasteiger charge is 2.18. The van der Waals surface area contributed by atoms with E-state index in [9.17, 15) is 9.90 Å². The van der Waals surface area contributed by atoms with Gasteiger partial charge in [0, 0.05) is 12.1 Å². The molecule has 0 spiro atoms. The molecule has 0 bridgehead atoms. The van der Waals surface area contributed by atoms with Gasteiger partial charge in [-0.15, -0.1) is 0 Å². The van der Waals surface area contributed by atoms with Crippen LogP contribution in [0.5, 0.6) is 11.5 Å². The molecule has 0 fully saturated rings. The molecule has 0 saturated carbocycles. The predicted octanol–water partition coefficient (Wildman–Crippen LogP) is 2.79. The van der Waals surface area contributed by atoms with Crippen molar-refractivity contribution in [1.29, 1.82) is 0 Å². The molecule has 0 amide bonds. The number of aryl methyl sites for hydroxylation is 1. The number of nitrogens with zero attached hydrogens (tertiary/aromatic N) is 3. The van der Waals surface area contributed by atoms with Crippen LogP contribution in [0.15, 0.2) is 24.5 Å². The summed E-state index contributed by atoms with van der Waals surface area (Å²) >= 11 is 0. The second-order valence-electron chi connectivity index (χ2n) is 4.59. The first-order valence-electron chi connectivity index (χ1n) is 6.18. The minimum Gasteiger partial charge on any atom is -0.476 e. The highest BCUT2D eigenvalue weighted by atomic mass is 16.5. The van der Waals surface area contributed by atoms with E-state index in [-0.39, 0.29) is 17.4 Å². The van der Waals surface area contributed by atoms with E-state index in [1.165, 1.54) is 6.20 Å². The fourth-order valence-corrected chi connectivity index (χ4v) is 1.59. The third-order valence-corrected chi connectivity index (χ3v) is 2.67. The van der Waals surface area contributed by atoms with Crippen molar-refractivity contribution in [3.63, 3.8) is 0 Å². The first-order valence-corrected chi connectivity index (χ1v) is 6.18. The fraction of sp³-hybridized carbons (Fsp3) is 0.286. The number of carboxylic acid groups (broad SMARTS) is 1. The van der Waals surface area contributed by atoms with Crippen molar-refractivity contribution in [3.8, 4) is 11.5 Å². The van der Waals surface area contributed by atoms with Gasteiger partial charge < -0.3 is 9.84 Å². The van der Waals surface area contributed by atoms with Crippen LogP contribution in [0.2, 0.25) is 0 Å². The van der Waals surface area contributed by atoms with Crippen LogP contribution in [0.3, 0.4) is 0 Å². The van der Waals surface area contributed by atoms with Crippen molar-refractivity contribution in [2.24, 2.45) is 0 Å². The molecule has 0 radical (unpaired) electrons. The molecule has 0 aromatic carbocycles. The summed E-state index contributed by atoms with van der Waals surface area (Å²) in [5, 5.41) is 9.23. The molecule has 6 nitrogen and oxygen atoms in total. The number of aromatic carboxylic acids is 1. The third kappa shape index (κ3) is 2.90. The maximum Gasteiger partial charge on any atom is 0.358 e. The lowest BCUT2D eigenvalue weighted by molar-refractivity contribution is 0.0686. The van der Waals surface area contributed by atoms with Gasteiger partial charge in [0.25, 0.3) is 0 Å². The number of carboxylic acids is 1. The number of ether oxygens (including phenoxy) is 1. The zero-order valence-electron chi connectivity index (χ0n) is 11.5. The second-order valence-corrected chi connectivity index (χ2v) is 4.59. The van der Waals surface area contributed by atoms with Gasteiger partial charge in [0.15, 0.2) is 11.4 Å². The minimum absolute atomic E-state index is 0.0438. The van der Waals surface area contributed by atoms with Crippen LogP contribution in [-0.4, -0.2) is 26.0 Å². The van der Waals surface area contributed by atoms with Gasteiger partial charge >= 0.3 is 5.97 Å². The van der Waals surface area contributed by atoms with Crippen LogP contribution in [0.4, 0.5) is 0 Å². The van der Waals surface area contributed by atoms with Gasteiger partial charge in [-0.25, -0.2) is 14.8 Å². The molecule has 6 heteroatoms. The van der Waals surface area contributed by atoms with E-state index >= 15 is 0 Å². The number of carbonyl (C=O) groups is 1. The van der Waals surface area contributed by atoms with E-state index in [1.54, 1.807) is 25.3 Å². The molecule has 20 heavy (non-hydrogen) atoms. The lowest BCUT2D eigenvalue weighted by Crippen LogP contribution is -2.09. The smallest absolute Gasteiger partial charge is 0.358 e. The average molecular weight is 273 g/mol. The van der Waals surface area contributed by atoms with Crippen LogP contribution < -0.4 is 4.74 Å². The number of rotatable bonds is 4. The van der Waals surface area contributed by atoms with Crippen LogP contribution in [0.1, 0.15) is 41.8 Å². The lowest BCUT2D eigenvalue weighted by atomic mass is 10.2. The summed E-state index contributed by atoms with van der Waals surface area (Å²) in [4.78, 5) is 23.5. The zero-order chi connectivity index (χ0) is 14.7. The number of aromatic nitrogens is 3. The van der Waals surface area contributed by atoms with Crippen molar-refractivity contribution in [1.82, 2.24) is 15.0 Å². The summed E-state index contributed by atoms with van der Waals surface area (Å²) in [5.74, 6) is -0.0420. The maximum absolute atomic E-state index is 11.3. The Morgan fingerprint density at radius 1 is 1.30 bits per heavy atom. The van der Waals surface area contributed by atoms with E-state index in [1.807, 2.05) is 13.8 Å². The first kappa shape index (κ1) is 13.9. The van der Waals surface area contributed by atoms with Crippen LogP contribution >= 0.6 is 0 Å². The predicted molar refractivity (Wildman–Crippen MR) is 72.1 cm³/mol. The SMILES string of the molecule is Cc1ncccc1Oc1cnc(C(C)C)nc1C(=O)O. The molecule has 2 rings (SSSR count). The molecule has 0 aliphatic heterocycles. The lowest BCUT2D eigenvalue weighted by Gasteiger charge is -2.11. The van der Waals surface area contributed by atoms with Gasteiger partial charge in [0.2, 0.25) is 0 Å². The number of hydrogen-bond donors (Lipinski definition) is 1. The van der Waals surface area contributed by atoms with Crippen molar-refractivity contribution in [2.45, 2.75) is 26.7 Å². The Morgan fingerprint density at radius 2 is 2.05 bits per heavy atom. The summed E-state index contributed by atoms with van der Waals surface area (Å²) in [5.41, 5.74) is 0.517. The topological polar surface area (TPSA) is 85.2 Å². The summed E-state index contributed by atoms with van der Waals surface area (Å²) in [6.07, 6.45) is 3.02. The van der Waals surface area contributed by atoms with Gasteiger partial charge in [-0.2, -0.15) is 0 Å². The highest BCUT2D eigenvalue weighted by Crippen LogP contribution is 2.26. The third-order valence-electron chi connectivity index (χ3n) is 2.67. The molecule has 0 unspecified atom stereocenters. The molecule has 0 aliphatic carbocycles. The molecule has 0 aliphatic rings. The van der Waals surface area contributed by atoms with E-state index in [0.717, 1.165) is 0 Å². The number of hydrogen-bond acceptors (Lipinski definition) is 5. The van der Waals surface area contributed by atoms with Gasteiger partial charge in [-0.3, -0.25) is 4.98 Å². The quantitative estimate of drug-likeness (QED) is 0.921. The number of pyridine rings is 1. The van der Waals surface area contributed by atoms with Crippen LogP contribution in [-0.2, 0) is 0 Å². The summed E-state index contributed by atoms with van der Waals surface area (Å²) < 4.78 is 5.57. The Bertz CT molecular complexity index is 641. The standard InChI is InChI=1S/C14H15N3O3/c1-8(2)13-16-7-11(12(17-13)14(18)19)20-10-5-4-6-15-9(10)3/h4-8H,1-3H3,(H,18,19). The van der Waals surface area contributed by atoms with Gasteiger partial charge in [-0.05, 0) is 19.1 Å². The van der Waals surface area contributed by atoms with E-state index in [0.29, 0.717) is 17.3 Å². The molecular weight excluding hydrogens is 258 g/mol. The fourth-order valence-electron chi connectivity index (χ4n) is 1.59. The summed E-state index contributed by atoms with van der Waals surface area (Å²) in [6.45, 7) is 5.57. The van der Waals surface area contributed by atoms with Crippen LogP contribution in [0, 0.1) is 6.92 Å². The van der Waals surface area contributed by atoms with Crippen molar-refractivity contribution in [2.75, 3.05) is 0 Å². The Balaban J connectivity index is 2.41. The van der Waals surface area contributed by atoms with E-state index in [4.69, 9.17) is 4.74 Å². The Kier molecular flexibility index (Phi) is 3.93. The molecular formula is C14H15N3O3. The molecule has 2 heterocycles. The minimum atomic E-state index is -1.15. The zero-order valence-corrected chi connectivity index (χ0v) is 11.5. The van der Waals surface area contributed by atoms with E-state index < -0.39 is 5.97 Å². The molecule has 2 aromatic heterocycles. The molecule has 2 aromatic rings. The van der Waals surface area contributed by atoms with Crippen molar-refractivity contribution in [3.05, 3.63) is 41.7 Å². The summed E-state index contributed by atoms with van der Waals surface area (Å²) in [7, 11) is 0. The summed E-state index contributed by atoms with van der Waals surface area (Å²) in [6, 6.07) is 3.43. The molecule has 1 N–H and O–H groups in total. The Morgan fingerprint density at radius 3 is 2.65 bits per heavy atom. The molecule has 104 valence electrons. The molecule has 0 atom stereocenters. The van der Waals surface area contributed by atoms with Gasteiger partial charge in [0.05, 0.1) is 11.9 Å². The van der Waals surface area contributed by atoms with E-state index in [2.05, 4.69) is 15.0 Å². The van der Waals surface area contributed by atoms with Crippen molar-refractivity contribution < 1.29 is 14.6 Å². The second kappa shape index (κ2) is 5.64. The highest BCUT2D eigenvalue weighted by molar-refractivity contribution is 5.88. The Labute approximate surface area is 116 Å². The Hall–Kier alpha value is -2.50.